The van der Waals surface area contributed by atoms with Crippen LogP contribution in [0.5, 0.6) is 0 Å². The lowest BCUT2D eigenvalue weighted by molar-refractivity contribution is -0.146. The number of hydrogen-bond donors (Lipinski definition) is 3. The van der Waals surface area contributed by atoms with Crippen LogP contribution in [0.1, 0.15) is 17.5 Å². The molecule has 104 valence electrons. The summed E-state index contributed by atoms with van der Waals surface area (Å²) in [5.74, 6) is -1.46. The summed E-state index contributed by atoms with van der Waals surface area (Å²) < 4.78 is 26.0. The minimum absolute atomic E-state index is 0.103. The lowest BCUT2D eigenvalue weighted by Gasteiger charge is -2.10. The molecule has 1 unspecified atom stereocenters. The average Bonchev–Trinajstić information content (AvgIpc) is 2.82. The Bertz CT molecular complexity index is 596. The Morgan fingerprint density at radius 1 is 1.32 bits per heavy atom. The maximum atomic E-state index is 11.9. The molecule has 1 aliphatic rings. The molecule has 0 aromatic heterocycles. The molecule has 3 N–H and O–H groups in total. The molecule has 1 aromatic carbocycles. The minimum Gasteiger partial charge on any atom is -0.479 e. The number of aryl methyl sites for hydroxylation is 2. The van der Waals surface area contributed by atoms with Gasteiger partial charge < -0.3 is 10.2 Å². The highest BCUT2D eigenvalue weighted by Gasteiger charge is 2.21. The van der Waals surface area contributed by atoms with Crippen LogP contribution in [-0.2, 0) is 27.7 Å². The first-order chi connectivity index (χ1) is 8.90. The van der Waals surface area contributed by atoms with E-state index in [4.69, 9.17) is 10.2 Å². The van der Waals surface area contributed by atoms with Gasteiger partial charge in [-0.15, -0.1) is 0 Å². The van der Waals surface area contributed by atoms with Crippen LogP contribution >= 0.6 is 0 Å². The van der Waals surface area contributed by atoms with Crippen molar-refractivity contribution in [2.75, 3.05) is 6.54 Å². The molecule has 0 saturated carbocycles. The fourth-order valence-electron chi connectivity index (χ4n) is 2.07. The van der Waals surface area contributed by atoms with Crippen LogP contribution in [0.25, 0.3) is 0 Å². The van der Waals surface area contributed by atoms with Crippen molar-refractivity contribution >= 4 is 16.0 Å². The molecule has 0 aliphatic heterocycles. The number of hydrogen-bond acceptors (Lipinski definition) is 4. The first-order valence-electron chi connectivity index (χ1n) is 5.92. The Kier molecular flexibility index (Phi) is 3.88. The number of aliphatic hydroxyl groups is 1. The van der Waals surface area contributed by atoms with Gasteiger partial charge in [-0.05, 0) is 42.5 Å². The van der Waals surface area contributed by atoms with Crippen LogP contribution in [0.4, 0.5) is 0 Å². The average molecular weight is 285 g/mol. The van der Waals surface area contributed by atoms with Gasteiger partial charge in [0.2, 0.25) is 10.0 Å². The topological polar surface area (TPSA) is 104 Å². The largest absolute Gasteiger partial charge is 0.479 e. The van der Waals surface area contributed by atoms with E-state index in [1.165, 1.54) is 6.07 Å². The summed E-state index contributed by atoms with van der Waals surface area (Å²) >= 11 is 0. The number of carboxylic acid groups (broad SMARTS) is 1. The second-order valence-electron chi connectivity index (χ2n) is 4.49. The second-order valence-corrected chi connectivity index (χ2v) is 6.26. The maximum Gasteiger partial charge on any atom is 0.333 e. The molecule has 7 heteroatoms. The lowest BCUT2D eigenvalue weighted by Crippen LogP contribution is -2.36. The minimum atomic E-state index is -3.78. The lowest BCUT2D eigenvalue weighted by atomic mass is 10.1. The van der Waals surface area contributed by atoms with Crippen molar-refractivity contribution in [1.82, 2.24) is 4.72 Å². The molecule has 1 aliphatic carbocycles. The standard InChI is InChI=1S/C12H15NO5S/c14-11(12(15)16)7-13-19(17,18)10-5-4-8-2-1-3-9(8)6-10/h4-6,11,13-14H,1-3,7H2,(H,15,16). The highest BCUT2D eigenvalue weighted by molar-refractivity contribution is 7.89. The Labute approximate surface area is 111 Å². The van der Waals surface area contributed by atoms with Crippen LogP contribution in [0.2, 0.25) is 0 Å². The highest BCUT2D eigenvalue weighted by Crippen LogP contribution is 2.24. The molecular weight excluding hydrogens is 270 g/mol. The van der Waals surface area contributed by atoms with Crippen LogP contribution < -0.4 is 4.72 Å². The summed E-state index contributed by atoms with van der Waals surface area (Å²) in [5.41, 5.74) is 2.17. The fourth-order valence-corrected chi connectivity index (χ4v) is 3.16. The van der Waals surface area contributed by atoms with Gasteiger partial charge in [0.25, 0.3) is 0 Å². The predicted molar refractivity (Wildman–Crippen MR) is 67.3 cm³/mol. The summed E-state index contributed by atoms with van der Waals surface area (Å²) in [6.07, 6.45) is 1.09. The van der Waals surface area contributed by atoms with E-state index in [-0.39, 0.29) is 4.90 Å². The third-order valence-electron chi connectivity index (χ3n) is 3.13. The highest BCUT2D eigenvalue weighted by atomic mass is 32.2. The van der Waals surface area contributed by atoms with Crippen molar-refractivity contribution in [3.63, 3.8) is 0 Å². The zero-order valence-electron chi connectivity index (χ0n) is 10.2. The van der Waals surface area contributed by atoms with Gasteiger partial charge in [-0.2, -0.15) is 0 Å². The molecule has 1 aromatic rings. The molecule has 0 fully saturated rings. The number of aliphatic hydroxyl groups excluding tert-OH is 1. The van der Waals surface area contributed by atoms with E-state index in [0.717, 1.165) is 30.4 Å². The molecule has 1 atom stereocenters. The summed E-state index contributed by atoms with van der Waals surface area (Å²) in [6, 6.07) is 4.89. The first-order valence-corrected chi connectivity index (χ1v) is 7.41. The van der Waals surface area contributed by atoms with Gasteiger partial charge >= 0.3 is 5.97 Å². The zero-order chi connectivity index (χ0) is 14.0. The van der Waals surface area contributed by atoms with Crippen molar-refractivity contribution in [2.24, 2.45) is 0 Å². The van der Waals surface area contributed by atoms with E-state index in [2.05, 4.69) is 4.72 Å². The molecule has 0 bridgehead atoms. The fraction of sp³-hybridized carbons (Fsp3) is 0.417. The van der Waals surface area contributed by atoms with Crippen LogP contribution in [0.15, 0.2) is 23.1 Å². The first kappa shape index (κ1) is 14.0. The smallest absolute Gasteiger partial charge is 0.333 e. The maximum absolute atomic E-state index is 11.9. The van der Waals surface area contributed by atoms with Crippen molar-refractivity contribution in [2.45, 2.75) is 30.3 Å². The van der Waals surface area contributed by atoms with Crippen molar-refractivity contribution in [3.05, 3.63) is 29.3 Å². The Balaban J connectivity index is 2.14. The second kappa shape index (κ2) is 5.28. The van der Waals surface area contributed by atoms with E-state index in [1.807, 2.05) is 0 Å². The molecule has 0 heterocycles. The molecule has 0 spiro atoms. The van der Waals surface area contributed by atoms with Gasteiger partial charge in [-0.1, -0.05) is 6.07 Å². The van der Waals surface area contributed by atoms with Crippen molar-refractivity contribution in [3.8, 4) is 0 Å². The normalized spacial score (nSPS) is 16.1. The van der Waals surface area contributed by atoms with E-state index >= 15 is 0 Å². The Morgan fingerprint density at radius 3 is 2.68 bits per heavy atom. The molecule has 0 saturated heterocycles. The van der Waals surface area contributed by atoms with E-state index in [1.54, 1.807) is 12.1 Å². The van der Waals surface area contributed by atoms with Gasteiger partial charge in [0, 0.05) is 6.54 Å². The van der Waals surface area contributed by atoms with Gasteiger partial charge in [0.05, 0.1) is 4.90 Å². The molecule has 2 rings (SSSR count). The summed E-state index contributed by atoms with van der Waals surface area (Å²) in [4.78, 5) is 10.5. The van der Waals surface area contributed by atoms with Gasteiger partial charge in [-0.25, -0.2) is 17.9 Å². The van der Waals surface area contributed by atoms with E-state index < -0.39 is 28.6 Å². The molecule has 0 radical (unpaired) electrons. The van der Waals surface area contributed by atoms with Crippen LogP contribution in [0, 0.1) is 0 Å². The number of carbonyl (C=O) groups is 1. The number of aliphatic carboxylic acids is 1. The number of sulfonamides is 1. The third kappa shape index (κ3) is 3.12. The van der Waals surface area contributed by atoms with Crippen LogP contribution in [-0.4, -0.2) is 37.2 Å². The van der Waals surface area contributed by atoms with Crippen molar-refractivity contribution in [1.29, 1.82) is 0 Å². The molecule has 0 amide bonds. The number of nitrogens with one attached hydrogen (secondary N) is 1. The summed E-state index contributed by atoms with van der Waals surface area (Å²) in [6.45, 7) is -0.547. The zero-order valence-corrected chi connectivity index (χ0v) is 11.0. The van der Waals surface area contributed by atoms with Crippen molar-refractivity contribution < 1.29 is 23.4 Å². The summed E-state index contributed by atoms with van der Waals surface area (Å²) in [7, 11) is -3.78. The SMILES string of the molecule is O=C(O)C(O)CNS(=O)(=O)c1ccc2c(c1)CCC2. The predicted octanol–water partition coefficient (Wildman–Crippen LogP) is -0.101. The summed E-state index contributed by atoms with van der Waals surface area (Å²) in [5, 5.41) is 17.6. The Hall–Kier alpha value is -1.44. The monoisotopic (exact) mass is 285 g/mol. The molecule has 19 heavy (non-hydrogen) atoms. The quantitative estimate of drug-likeness (QED) is 0.701. The van der Waals surface area contributed by atoms with Gasteiger partial charge in [0.15, 0.2) is 6.10 Å². The number of rotatable bonds is 5. The third-order valence-corrected chi connectivity index (χ3v) is 4.55. The number of carboxylic acids is 1. The van der Waals surface area contributed by atoms with Gasteiger partial charge in [0.1, 0.15) is 0 Å². The van der Waals surface area contributed by atoms with E-state index in [0.29, 0.717) is 0 Å². The van der Waals surface area contributed by atoms with Gasteiger partial charge in [-0.3, -0.25) is 0 Å². The Morgan fingerprint density at radius 2 is 2.00 bits per heavy atom. The number of fused-ring (bicyclic) bond motifs is 1. The molecular formula is C12H15NO5S. The number of benzene rings is 1. The van der Waals surface area contributed by atoms with Crippen LogP contribution in [0.3, 0.4) is 0 Å². The van der Waals surface area contributed by atoms with E-state index in [9.17, 15) is 13.2 Å². The molecule has 6 nitrogen and oxygen atoms in total.